The molecule has 0 saturated heterocycles. The lowest BCUT2D eigenvalue weighted by Crippen LogP contribution is -2.39. The molecule has 39 heavy (non-hydrogen) atoms. The molecule has 0 fully saturated rings. The Morgan fingerprint density at radius 3 is 2.18 bits per heavy atom. The van der Waals surface area contributed by atoms with Crippen molar-refractivity contribution in [2.75, 3.05) is 17.2 Å². The predicted molar refractivity (Wildman–Crippen MR) is 152 cm³/mol. The quantitative estimate of drug-likeness (QED) is 0.152. The zero-order valence-corrected chi connectivity index (χ0v) is 22.1. The number of Topliss-reactive ketones (excluding diaryl/α,β-unsaturated/α-hetero) is 1. The number of amides is 1. The van der Waals surface area contributed by atoms with Crippen LogP contribution in [0.1, 0.15) is 28.8 Å². The molecule has 3 rings (SSSR count). The normalized spacial score (nSPS) is 12.4. The number of carboxylic acids is 2. The van der Waals surface area contributed by atoms with Gasteiger partial charge in [0.25, 0.3) is 0 Å². The van der Waals surface area contributed by atoms with Gasteiger partial charge < -0.3 is 26.2 Å². The van der Waals surface area contributed by atoms with E-state index in [4.69, 9.17) is 10.8 Å². The first kappa shape index (κ1) is 29.6. The van der Waals surface area contributed by atoms with Gasteiger partial charge in [0.2, 0.25) is 5.91 Å². The van der Waals surface area contributed by atoms with Crippen LogP contribution < -0.4 is 16.0 Å². The number of thiol groups is 1. The maximum absolute atomic E-state index is 13.3. The summed E-state index contributed by atoms with van der Waals surface area (Å²) in [7, 11) is 0. The second-order valence-corrected chi connectivity index (χ2v) is 9.32. The van der Waals surface area contributed by atoms with Crippen LogP contribution in [0.2, 0.25) is 0 Å². The van der Waals surface area contributed by atoms with E-state index < -0.39 is 36.5 Å². The molecule has 0 bridgehead atoms. The van der Waals surface area contributed by atoms with Crippen molar-refractivity contribution in [3.8, 4) is 11.1 Å². The predicted octanol–water partition coefficient (Wildman–Crippen LogP) is 3.23. The van der Waals surface area contributed by atoms with E-state index in [9.17, 15) is 24.3 Å². The molecular weight excluding hydrogens is 518 g/mol. The van der Waals surface area contributed by atoms with Gasteiger partial charge in [0.1, 0.15) is 12.6 Å². The molecule has 3 aromatic rings. The molecule has 0 spiro atoms. The molecule has 3 aromatic carbocycles. The molecule has 0 aliphatic rings. The van der Waals surface area contributed by atoms with Crippen LogP contribution in [-0.2, 0) is 20.9 Å². The molecule has 0 aromatic heterocycles. The summed E-state index contributed by atoms with van der Waals surface area (Å²) in [4.78, 5) is 49.4. The first-order valence-electron chi connectivity index (χ1n) is 12.3. The number of nitrogens with one attached hydrogen (secondary N) is 1. The van der Waals surface area contributed by atoms with Crippen molar-refractivity contribution in [2.45, 2.75) is 31.5 Å². The van der Waals surface area contributed by atoms with E-state index in [1.807, 2.05) is 54.6 Å². The van der Waals surface area contributed by atoms with Crippen LogP contribution in [0, 0.1) is 0 Å². The second kappa shape index (κ2) is 14.2. The fourth-order valence-corrected chi connectivity index (χ4v) is 4.25. The molecular formula is C29H31N3O6S. The van der Waals surface area contributed by atoms with Gasteiger partial charge in [0.05, 0.1) is 6.04 Å². The van der Waals surface area contributed by atoms with Crippen LogP contribution in [0.3, 0.4) is 0 Å². The van der Waals surface area contributed by atoms with Gasteiger partial charge in [0, 0.05) is 30.0 Å². The van der Waals surface area contributed by atoms with E-state index in [0.29, 0.717) is 6.54 Å². The summed E-state index contributed by atoms with van der Waals surface area (Å²) in [5.41, 5.74) is 9.16. The Bertz CT molecular complexity index is 1300. The zero-order chi connectivity index (χ0) is 28.4. The lowest BCUT2D eigenvalue weighted by atomic mass is 10.0. The van der Waals surface area contributed by atoms with E-state index >= 15 is 0 Å². The van der Waals surface area contributed by atoms with Gasteiger partial charge in [-0.1, -0.05) is 66.7 Å². The fourth-order valence-electron chi connectivity index (χ4n) is 3.95. The van der Waals surface area contributed by atoms with Crippen LogP contribution in [-0.4, -0.2) is 58.2 Å². The summed E-state index contributed by atoms with van der Waals surface area (Å²) in [6.45, 7) is -0.217. The van der Waals surface area contributed by atoms with Gasteiger partial charge in [-0.05, 0) is 35.2 Å². The molecule has 0 saturated carbocycles. The second-order valence-electron chi connectivity index (χ2n) is 8.95. The largest absolute Gasteiger partial charge is 0.480 e. The number of ketones is 1. The van der Waals surface area contributed by atoms with Crippen molar-refractivity contribution in [3.63, 3.8) is 0 Å². The molecule has 10 heteroatoms. The number of rotatable bonds is 14. The topological polar surface area (TPSA) is 150 Å². The monoisotopic (exact) mass is 549 g/mol. The number of carbonyl (C=O) groups excluding carboxylic acids is 2. The third kappa shape index (κ3) is 8.51. The lowest BCUT2D eigenvalue weighted by molar-refractivity contribution is -0.139. The molecule has 5 N–H and O–H groups in total. The number of carbonyl (C=O) groups is 4. The fraction of sp³-hybridized carbons (Fsp3) is 0.241. The molecule has 0 heterocycles. The number of carboxylic acid groups (broad SMARTS) is 2. The number of aliphatic carboxylic acids is 2. The molecule has 0 aliphatic heterocycles. The number of benzene rings is 3. The molecule has 0 aliphatic carbocycles. The summed E-state index contributed by atoms with van der Waals surface area (Å²) in [5, 5.41) is 21.5. The van der Waals surface area contributed by atoms with Crippen molar-refractivity contribution in [3.05, 3.63) is 90.0 Å². The summed E-state index contributed by atoms with van der Waals surface area (Å²) in [5.74, 6) is -3.16. The van der Waals surface area contributed by atoms with Crippen molar-refractivity contribution < 1.29 is 29.4 Å². The Kier molecular flexibility index (Phi) is 10.8. The molecule has 1 amide bonds. The molecule has 9 nitrogen and oxygen atoms in total. The van der Waals surface area contributed by atoms with Crippen LogP contribution >= 0.6 is 12.6 Å². The van der Waals surface area contributed by atoms with Crippen molar-refractivity contribution >= 4 is 41.9 Å². The molecule has 2 atom stereocenters. The van der Waals surface area contributed by atoms with E-state index in [0.717, 1.165) is 21.6 Å². The van der Waals surface area contributed by atoms with Crippen molar-refractivity contribution in [1.29, 1.82) is 0 Å². The SMILES string of the molecule is N[C@@H](CCC(=O)N(CC(=O)O)c1cccc(C(=O)[C@H](CS)NCc2ccc(-c3ccccc3)cc2)c1)C(=O)O. The Hall–Kier alpha value is -3.99. The van der Waals surface area contributed by atoms with Gasteiger partial charge in [-0.2, -0.15) is 12.6 Å². The number of hydrogen-bond acceptors (Lipinski definition) is 7. The Balaban J connectivity index is 1.70. The Morgan fingerprint density at radius 2 is 1.56 bits per heavy atom. The van der Waals surface area contributed by atoms with Crippen LogP contribution in [0.5, 0.6) is 0 Å². The average molecular weight is 550 g/mol. The number of nitrogens with zero attached hydrogens (tertiary/aromatic N) is 1. The van der Waals surface area contributed by atoms with E-state index in [-0.39, 0.29) is 35.6 Å². The first-order chi connectivity index (χ1) is 18.7. The third-order valence-electron chi connectivity index (χ3n) is 6.14. The summed E-state index contributed by atoms with van der Waals surface area (Å²) < 4.78 is 0. The molecule has 0 radical (unpaired) electrons. The van der Waals surface area contributed by atoms with Crippen LogP contribution in [0.25, 0.3) is 11.1 Å². The van der Waals surface area contributed by atoms with E-state index in [1.54, 1.807) is 12.1 Å². The molecule has 0 unspecified atom stereocenters. The summed E-state index contributed by atoms with van der Waals surface area (Å²) in [6, 6.07) is 22.3. The minimum absolute atomic E-state index is 0.152. The maximum Gasteiger partial charge on any atom is 0.323 e. The van der Waals surface area contributed by atoms with Crippen LogP contribution in [0.15, 0.2) is 78.9 Å². The summed E-state index contributed by atoms with van der Waals surface area (Å²) in [6.07, 6.45) is -0.413. The standard InChI is InChI=1S/C29H31N3O6S/c30-24(29(37)38)13-14-26(33)32(17-27(34)35)23-8-4-7-22(15-23)28(36)25(18-39)31-16-19-9-11-21(12-10-19)20-5-2-1-3-6-20/h1-12,15,24-25,31,39H,13-14,16-18,30H2,(H,34,35)(H,37,38)/t24-,25-/m0/s1. The van der Waals surface area contributed by atoms with E-state index in [1.165, 1.54) is 12.1 Å². The minimum atomic E-state index is -1.25. The van der Waals surface area contributed by atoms with Gasteiger partial charge in [0.15, 0.2) is 5.78 Å². The van der Waals surface area contributed by atoms with Crippen molar-refractivity contribution in [1.82, 2.24) is 5.32 Å². The highest BCUT2D eigenvalue weighted by Gasteiger charge is 2.24. The average Bonchev–Trinajstić information content (AvgIpc) is 2.95. The van der Waals surface area contributed by atoms with Crippen molar-refractivity contribution in [2.24, 2.45) is 5.73 Å². The Morgan fingerprint density at radius 1 is 0.897 bits per heavy atom. The smallest absolute Gasteiger partial charge is 0.323 e. The summed E-state index contributed by atoms with van der Waals surface area (Å²) >= 11 is 4.34. The van der Waals surface area contributed by atoms with E-state index in [2.05, 4.69) is 17.9 Å². The number of anilines is 1. The van der Waals surface area contributed by atoms with Crippen LogP contribution in [0.4, 0.5) is 5.69 Å². The first-order valence-corrected chi connectivity index (χ1v) is 13.0. The van der Waals surface area contributed by atoms with Gasteiger partial charge in [-0.3, -0.25) is 19.2 Å². The lowest BCUT2D eigenvalue weighted by Gasteiger charge is -2.22. The van der Waals surface area contributed by atoms with Gasteiger partial charge in [-0.15, -0.1) is 0 Å². The van der Waals surface area contributed by atoms with Gasteiger partial charge >= 0.3 is 11.9 Å². The highest BCUT2D eigenvalue weighted by Crippen LogP contribution is 2.21. The highest BCUT2D eigenvalue weighted by atomic mass is 32.1. The molecule has 204 valence electrons. The third-order valence-corrected chi connectivity index (χ3v) is 6.50. The highest BCUT2D eigenvalue weighted by molar-refractivity contribution is 7.80. The van der Waals surface area contributed by atoms with Gasteiger partial charge in [-0.25, -0.2) is 0 Å². The number of hydrogen-bond donors (Lipinski definition) is 5. The zero-order valence-electron chi connectivity index (χ0n) is 21.2. The Labute approximate surface area is 232 Å². The maximum atomic E-state index is 13.3. The number of nitrogens with two attached hydrogens (primary N) is 1. The minimum Gasteiger partial charge on any atom is -0.480 e.